The van der Waals surface area contributed by atoms with Crippen molar-refractivity contribution >= 4 is 5.91 Å². The molecular weight excluding hydrogens is 270 g/mol. The van der Waals surface area contributed by atoms with E-state index in [9.17, 15) is 9.90 Å². The van der Waals surface area contributed by atoms with Crippen LogP contribution in [0.5, 0.6) is 0 Å². The van der Waals surface area contributed by atoms with Gasteiger partial charge in [-0.2, -0.15) is 0 Å². The third-order valence-electron chi connectivity index (χ3n) is 4.44. The molecule has 2 rings (SSSR count). The summed E-state index contributed by atoms with van der Waals surface area (Å²) in [5.41, 5.74) is -1.51. The van der Waals surface area contributed by atoms with E-state index in [4.69, 9.17) is 9.15 Å². The third kappa shape index (κ3) is 3.47. The van der Waals surface area contributed by atoms with Crippen LogP contribution in [0, 0.1) is 12.3 Å². The lowest BCUT2D eigenvalue weighted by Gasteiger charge is -2.40. The van der Waals surface area contributed by atoms with E-state index in [1.807, 2.05) is 6.92 Å². The molecule has 0 saturated heterocycles. The number of nitrogens with one attached hydrogen (secondary N) is 1. The van der Waals surface area contributed by atoms with Crippen LogP contribution in [-0.4, -0.2) is 31.3 Å². The zero-order chi connectivity index (χ0) is 15.5. The summed E-state index contributed by atoms with van der Waals surface area (Å²) in [6.07, 6.45) is 3.59. The molecule has 1 aliphatic rings. The van der Waals surface area contributed by atoms with Gasteiger partial charge in [0.2, 0.25) is 5.91 Å². The summed E-state index contributed by atoms with van der Waals surface area (Å²) < 4.78 is 10.5. The van der Waals surface area contributed by atoms with Crippen LogP contribution in [0.1, 0.15) is 44.1 Å². The standard InChI is InChI=1S/C16H25NO4/c1-12-5-6-13(21-12)15(2,19)11-17-14(18)16(7-4-8-16)9-10-20-3/h5-6,19H,4,7-11H2,1-3H3,(H,17,18). The fourth-order valence-electron chi connectivity index (χ4n) is 2.74. The topological polar surface area (TPSA) is 71.7 Å². The van der Waals surface area contributed by atoms with Crippen molar-refractivity contribution in [2.24, 2.45) is 5.41 Å². The van der Waals surface area contributed by atoms with Gasteiger partial charge in [0.1, 0.15) is 17.1 Å². The maximum Gasteiger partial charge on any atom is 0.226 e. The molecule has 0 bridgehead atoms. The van der Waals surface area contributed by atoms with Crippen LogP contribution in [0.4, 0.5) is 0 Å². The van der Waals surface area contributed by atoms with Crippen molar-refractivity contribution in [2.45, 2.75) is 45.1 Å². The van der Waals surface area contributed by atoms with E-state index >= 15 is 0 Å². The quantitative estimate of drug-likeness (QED) is 0.808. The highest BCUT2D eigenvalue weighted by molar-refractivity contribution is 5.83. The van der Waals surface area contributed by atoms with E-state index in [-0.39, 0.29) is 17.9 Å². The lowest BCUT2D eigenvalue weighted by molar-refractivity contribution is -0.138. The average molecular weight is 295 g/mol. The summed E-state index contributed by atoms with van der Waals surface area (Å²) >= 11 is 0. The molecule has 0 radical (unpaired) electrons. The number of hydrogen-bond acceptors (Lipinski definition) is 4. The van der Waals surface area contributed by atoms with Crippen molar-refractivity contribution in [3.63, 3.8) is 0 Å². The number of rotatable bonds is 7. The van der Waals surface area contributed by atoms with Crippen molar-refractivity contribution < 1.29 is 19.1 Å². The highest BCUT2D eigenvalue weighted by Crippen LogP contribution is 2.44. The molecule has 0 aliphatic heterocycles. The van der Waals surface area contributed by atoms with Crippen molar-refractivity contribution in [3.05, 3.63) is 23.7 Å². The molecule has 1 aromatic heterocycles. The minimum absolute atomic E-state index is 0.00866. The Hall–Kier alpha value is -1.33. The molecule has 118 valence electrons. The zero-order valence-corrected chi connectivity index (χ0v) is 13.1. The summed E-state index contributed by atoms with van der Waals surface area (Å²) in [6.45, 7) is 4.20. The number of ether oxygens (including phenoxy) is 1. The molecule has 0 spiro atoms. The second-order valence-corrected chi connectivity index (χ2v) is 6.24. The summed E-state index contributed by atoms with van der Waals surface area (Å²) in [5, 5.41) is 13.3. The number of aliphatic hydroxyl groups is 1. The van der Waals surface area contributed by atoms with Crippen LogP contribution in [0.25, 0.3) is 0 Å². The third-order valence-corrected chi connectivity index (χ3v) is 4.44. The van der Waals surface area contributed by atoms with Gasteiger partial charge >= 0.3 is 0 Å². The first-order chi connectivity index (χ1) is 9.89. The molecule has 2 N–H and O–H groups in total. The zero-order valence-electron chi connectivity index (χ0n) is 13.1. The molecule has 21 heavy (non-hydrogen) atoms. The Morgan fingerprint density at radius 2 is 2.24 bits per heavy atom. The van der Waals surface area contributed by atoms with Crippen molar-refractivity contribution in [1.82, 2.24) is 5.32 Å². The Bertz CT molecular complexity index is 488. The fourth-order valence-corrected chi connectivity index (χ4v) is 2.74. The van der Waals surface area contributed by atoms with Crippen LogP contribution in [-0.2, 0) is 15.1 Å². The summed E-state index contributed by atoms with van der Waals surface area (Å²) in [7, 11) is 1.65. The molecule has 0 aromatic carbocycles. The first-order valence-electron chi connectivity index (χ1n) is 7.46. The van der Waals surface area contributed by atoms with Gasteiger partial charge in [-0.25, -0.2) is 0 Å². The van der Waals surface area contributed by atoms with Gasteiger partial charge < -0.3 is 19.6 Å². The Labute approximate surface area is 125 Å². The number of amides is 1. The molecule has 5 nitrogen and oxygen atoms in total. The Morgan fingerprint density at radius 3 is 2.71 bits per heavy atom. The average Bonchev–Trinajstić information content (AvgIpc) is 2.83. The number of aryl methyl sites for hydroxylation is 1. The van der Waals surface area contributed by atoms with Gasteiger partial charge in [-0.15, -0.1) is 0 Å². The van der Waals surface area contributed by atoms with Gasteiger partial charge in [-0.05, 0) is 45.2 Å². The van der Waals surface area contributed by atoms with Gasteiger partial charge in [0.05, 0.1) is 12.0 Å². The van der Waals surface area contributed by atoms with Crippen LogP contribution in [0.15, 0.2) is 16.5 Å². The highest BCUT2D eigenvalue weighted by Gasteiger charge is 2.44. The van der Waals surface area contributed by atoms with Crippen LogP contribution >= 0.6 is 0 Å². The van der Waals surface area contributed by atoms with Crippen molar-refractivity contribution in [3.8, 4) is 0 Å². The highest BCUT2D eigenvalue weighted by atomic mass is 16.5. The van der Waals surface area contributed by atoms with Gasteiger partial charge in [-0.1, -0.05) is 6.42 Å². The monoisotopic (exact) mass is 295 g/mol. The molecule has 5 heteroatoms. The van der Waals surface area contributed by atoms with E-state index in [1.54, 1.807) is 26.2 Å². The van der Waals surface area contributed by atoms with E-state index in [0.29, 0.717) is 12.4 Å². The number of methoxy groups -OCH3 is 1. The first-order valence-corrected chi connectivity index (χ1v) is 7.46. The van der Waals surface area contributed by atoms with E-state index in [2.05, 4.69) is 5.32 Å². The van der Waals surface area contributed by atoms with Crippen LogP contribution in [0.3, 0.4) is 0 Å². The molecule has 1 fully saturated rings. The second kappa shape index (κ2) is 6.20. The SMILES string of the molecule is COCCC1(C(=O)NCC(C)(O)c2ccc(C)o2)CCC1. The second-order valence-electron chi connectivity index (χ2n) is 6.24. The van der Waals surface area contributed by atoms with Crippen LogP contribution in [0.2, 0.25) is 0 Å². The van der Waals surface area contributed by atoms with Crippen LogP contribution < -0.4 is 5.32 Å². The number of furan rings is 1. The lowest BCUT2D eigenvalue weighted by Crippen LogP contribution is -2.49. The van der Waals surface area contributed by atoms with E-state index < -0.39 is 5.60 Å². The lowest BCUT2D eigenvalue weighted by atomic mass is 9.66. The minimum atomic E-state index is -1.20. The minimum Gasteiger partial charge on any atom is -0.463 e. The fraction of sp³-hybridized carbons (Fsp3) is 0.688. The smallest absolute Gasteiger partial charge is 0.226 e. The molecule has 1 heterocycles. The van der Waals surface area contributed by atoms with Crippen molar-refractivity contribution in [1.29, 1.82) is 0 Å². The van der Waals surface area contributed by atoms with Gasteiger partial charge in [0, 0.05) is 13.7 Å². The molecule has 1 amide bonds. The Morgan fingerprint density at radius 1 is 1.52 bits per heavy atom. The number of carbonyl (C=O) groups is 1. The first kappa shape index (κ1) is 16.0. The molecule has 1 unspecified atom stereocenters. The summed E-state index contributed by atoms with van der Waals surface area (Å²) in [4.78, 5) is 12.4. The number of carbonyl (C=O) groups excluding carboxylic acids is 1. The van der Waals surface area contributed by atoms with Crippen molar-refractivity contribution in [2.75, 3.05) is 20.3 Å². The molecule has 1 saturated carbocycles. The molecular formula is C16H25NO4. The molecule has 1 atom stereocenters. The predicted molar refractivity (Wildman–Crippen MR) is 78.8 cm³/mol. The summed E-state index contributed by atoms with van der Waals surface area (Å²) in [5.74, 6) is 1.22. The Balaban J connectivity index is 1.93. The van der Waals surface area contributed by atoms with E-state index in [0.717, 1.165) is 31.4 Å². The maximum absolute atomic E-state index is 12.4. The molecule has 1 aliphatic carbocycles. The maximum atomic E-state index is 12.4. The van der Waals surface area contributed by atoms with Gasteiger partial charge in [0.25, 0.3) is 0 Å². The predicted octanol–water partition coefficient (Wildman–Crippen LogP) is 2.12. The number of hydrogen-bond donors (Lipinski definition) is 2. The van der Waals surface area contributed by atoms with Gasteiger partial charge in [-0.3, -0.25) is 4.79 Å². The van der Waals surface area contributed by atoms with Gasteiger partial charge in [0.15, 0.2) is 0 Å². The molecule has 1 aromatic rings. The van der Waals surface area contributed by atoms with E-state index in [1.165, 1.54) is 0 Å². The summed E-state index contributed by atoms with van der Waals surface area (Å²) in [6, 6.07) is 3.54. The largest absolute Gasteiger partial charge is 0.463 e. The normalized spacial score (nSPS) is 19.6. The Kier molecular flexibility index (Phi) is 4.74.